The molecule has 2 fully saturated rings. The maximum Gasteiger partial charge on any atom is 0.241 e. The fourth-order valence-electron chi connectivity index (χ4n) is 5.20. The molecule has 40 heavy (non-hydrogen) atoms. The molecule has 2 heterocycles. The lowest BCUT2D eigenvalue weighted by Crippen LogP contribution is -2.32. The van der Waals surface area contributed by atoms with Crippen LogP contribution in [0.4, 0.5) is 11.4 Å². The van der Waals surface area contributed by atoms with E-state index in [0.29, 0.717) is 22.9 Å². The highest BCUT2D eigenvalue weighted by molar-refractivity contribution is 6.25. The lowest BCUT2D eigenvalue weighted by atomic mass is 9.97. The zero-order valence-corrected chi connectivity index (χ0v) is 23.0. The van der Waals surface area contributed by atoms with Crippen molar-refractivity contribution in [3.05, 3.63) is 83.9 Å². The summed E-state index contributed by atoms with van der Waals surface area (Å²) in [5.74, 6) is -1.22. The minimum Gasteiger partial charge on any atom is -0.491 e. The van der Waals surface area contributed by atoms with Crippen molar-refractivity contribution in [3.8, 4) is 11.5 Å². The van der Waals surface area contributed by atoms with E-state index in [9.17, 15) is 19.2 Å². The van der Waals surface area contributed by atoms with E-state index in [4.69, 9.17) is 9.47 Å². The summed E-state index contributed by atoms with van der Waals surface area (Å²) in [6, 6.07) is 20.8. The normalized spacial score (nSPS) is 19.4. The molecule has 5 rings (SSSR count). The molecule has 0 bridgehead atoms. The van der Waals surface area contributed by atoms with Gasteiger partial charge in [0.1, 0.15) is 11.5 Å². The minimum absolute atomic E-state index is 0.0258. The summed E-state index contributed by atoms with van der Waals surface area (Å²) >= 11 is 0. The standard InChI is InChI=1S/C32H32N2O6/c1-19(2)39-25-12-8-21(9-13-25)27-17-29(35)33(31(27)37)23-6-5-7-24(16-23)34-30(36)18-28(32(34)38)22-10-14-26(15-11-22)40-20(3)4/h5-16,19-20,27-28H,17-18H2,1-4H3. The summed E-state index contributed by atoms with van der Waals surface area (Å²) in [6.07, 6.45) is 0.122. The highest BCUT2D eigenvalue weighted by Gasteiger charge is 2.43. The van der Waals surface area contributed by atoms with Gasteiger partial charge in [0, 0.05) is 12.8 Å². The van der Waals surface area contributed by atoms with Crippen molar-refractivity contribution in [3.63, 3.8) is 0 Å². The first kappa shape index (κ1) is 27.1. The molecule has 2 unspecified atom stereocenters. The molecule has 0 radical (unpaired) electrons. The molecule has 2 aliphatic rings. The number of benzene rings is 3. The topological polar surface area (TPSA) is 93.2 Å². The van der Waals surface area contributed by atoms with Gasteiger partial charge >= 0.3 is 0 Å². The van der Waals surface area contributed by atoms with Gasteiger partial charge in [-0.05, 0) is 81.3 Å². The van der Waals surface area contributed by atoms with Crippen molar-refractivity contribution in [2.75, 3.05) is 9.80 Å². The Labute approximate surface area is 233 Å². The van der Waals surface area contributed by atoms with Crippen molar-refractivity contribution in [1.82, 2.24) is 0 Å². The fourth-order valence-corrected chi connectivity index (χ4v) is 5.20. The molecule has 0 aliphatic carbocycles. The molecule has 0 saturated carbocycles. The maximum absolute atomic E-state index is 13.4. The third kappa shape index (κ3) is 5.34. The van der Waals surface area contributed by atoms with E-state index in [1.54, 1.807) is 72.8 Å². The van der Waals surface area contributed by atoms with Crippen LogP contribution in [0.3, 0.4) is 0 Å². The van der Waals surface area contributed by atoms with Crippen LogP contribution >= 0.6 is 0 Å². The van der Waals surface area contributed by atoms with Crippen LogP contribution in [0.25, 0.3) is 0 Å². The second kappa shape index (κ2) is 11.0. The molecule has 3 aromatic carbocycles. The van der Waals surface area contributed by atoms with Gasteiger partial charge < -0.3 is 9.47 Å². The van der Waals surface area contributed by atoms with Crippen LogP contribution in [0, 0.1) is 0 Å². The Bertz CT molecular complexity index is 1340. The van der Waals surface area contributed by atoms with E-state index in [2.05, 4.69) is 0 Å². The van der Waals surface area contributed by atoms with E-state index in [1.165, 1.54) is 0 Å². The number of rotatable bonds is 8. The van der Waals surface area contributed by atoms with E-state index < -0.39 is 11.8 Å². The molecule has 0 N–H and O–H groups in total. The monoisotopic (exact) mass is 540 g/mol. The average Bonchev–Trinajstić information content (AvgIpc) is 3.38. The van der Waals surface area contributed by atoms with Gasteiger partial charge in [-0.15, -0.1) is 0 Å². The number of hydrogen-bond acceptors (Lipinski definition) is 6. The number of amides is 4. The fraction of sp³-hybridized carbons (Fsp3) is 0.312. The van der Waals surface area contributed by atoms with Crippen LogP contribution in [-0.2, 0) is 19.2 Å². The predicted molar refractivity (Wildman–Crippen MR) is 151 cm³/mol. The van der Waals surface area contributed by atoms with Crippen LogP contribution in [0.1, 0.15) is 63.5 Å². The molecule has 4 amide bonds. The van der Waals surface area contributed by atoms with Gasteiger partial charge in [-0.25, -0.2) is 9.80 Å². The lowest BCUT2D eigenvalue weighted by Gasteiger charge is -2.20. The number of ether oxygens (including phenoxy) is 2. The molecule has 0 aromatic heterocycles. The minimum atomic E-state index is -0.619. The van der Waals surface area contributed by atoms with Crippen molar-refractivity contribution in [2.45, 2.75) is 64.6 Å². The van der Waals surface area contributed by atoms with E-state index >= 15 is 0 Å². The summed E-state index contributed by atoms with van der Waals surface area (Å²) in [5.41, 5.74) is 2.11. The summed E-state index contributed by atoms with van der Waals surface area (Å²) in [4.78, 5) is 55.1. The summed E-state index contributed by atoms with van der Waals surface area (Å²) in [7, 11) is 0. The first-order chi connectivity index (χ1) is 19.1. The molecule has 2 saturated heterocycles. The average molecular weight is 541 g/mol. The zero-order valence-electron chi connectivity index (χ0n) is 23.0. The number of carbonyl (C=O) groups is 4. The number of imide groups is 2. The molecular formula is C32H32N2O6. The van der Waals surface area contributed by atoms with Gasteiger partial charge in [0.15, 0.2) is 0 Å². The Morgan fingerprint density at radius 1 is 0.600 bits per heavy atom. The van der Waals surface area contributed by atoms with Gasteiger partial charge in [0.05, 0.1) is 35.4 Å². The molecule has 8 heteroatoms. The molecule has 2 atom stereocenters. The Hall–Kier alpha value is -4.46. The van der Waals surface area contributed by atoms with Gasteiger partial charge in [0.25, 0.3) is 0 Å². The maximum atomic E-state index is 13.4. The van der Waals surface area contributed by atoms with E-state index in [1.807, 2.05) is 27.7 Å². The van der Waals surface area contributed by atoms with Gasteiger partial charge in [-0.3, -0.25) is 19.2 Å². The summed E-state index contributed by atoms with van der Waals surface area (Å²) < 4.78 is 11.4. The Morgan fingerprint density at radius 3 is 1.32 bits per heavy atom. The van der Waals surface area contributed by atoms with Crippen molar-refractivity contribution in [1.29, 1.82) is 0 Å². The second-order valence-electron chi connectivity index (χ2n) is 10.6. The van der Waals surface area contributed by atoms with Crippen LogP contribution in [-0.4, -0.2) is 35.8 Å². The highest BCUT2D eigenvalue weighted by atomic mass is 16.5. The van der Waals surface area contributed by atoms with Crippen molar-refractivity contribution >= 4 is 35.0 Å². The second-order valence-corrected chi connectivity index (χ2v) is 10.6. The number of carbonyl (C=O) groups excluding carboxylic acids is 4. The van der Waals surface area contributed by atoms with Gasteiger partial charge in [-0.2, -0.15) is 0 Å². The van der Waals surface area contributed by atoms with Crippen LogP contribution in [0.5, 0.6) is 11.5 Å². The van der Waals surface area contributed by atoms with Crippen LogP contribution in [0.2, 0.25) is 0 Å². The zero-order chi connectivity index (χ0) is 28.6. The van der Waals surface area contributed by atoms with E-state index in [0.717, 1.165) is 20.9 Å². The van der Waals surface area contributed by atoms with Gasteiger partial charge in [0.2, 0.25) is 23.6 Å². The first-order valence-corrected chi connectivity index (χ1v) is 13.5. The van der Waals surface area contributed by atoms with Crippen molar-refractivity contribution < 1.29 is 28.7 Å². The molecule has 3 aromatic rings. The highest BCUT2D eigenvalue weighted by Crippen LogP contribution is 2.38. The Kier molecular flexibility index (Phi) is 7.43. The summed E-state index contributed by atoms with van der Waals surface area (Å²) in [6.45, 7) is 7.73. The Balaban J connectivity index is 1.34. The smallest absolute Gasteiger partial charge is 0.241 e. The molecule has 0 spiro atoms. The Morgan fingerprint density at radius 2 is 0.975 bits per heavy atom. The van der Waals surface area contributed by atoms with Crippen molar-refractivity contribution in [2.24, 2.45) is 0 Å². The third-order valence-corrected chi connectivity index (χ3v) is 6.95. The first-order valence-electron chi connectivity index (χ1n) is 13.5. The molecule has 206 valence electrons. The quantitative estimate of drug-likeness (QED) is 0.358. The molecule has 8 nitrogen and oxygen atoms in total. The predicted octanol–water partition coefficient (Wildman–Crippen LogP) is 5.36. The summed E-state index contributed by atoms with van der Waals surface area (Å²) in [5, 5.41) is 0. The number of hydrogen-bond donors (Lipinski definition) is 0. The number of nitrogens with zero attached hydrogens (tertiary/aromatic N) is 2. The van der Waals surface area contributed by atoms with Gasteiger partial charge in [-0.1, -0.05) is 30.3 Å². The van der Waals surface area contributed by atoms with Crippen LogP contribution in [0.15, 0.2) is 72.8 Å². The van der Waals surface area contributed by atoms with Crippen LogP contribution < -0.4 is 19.3 Å². The lowest BCUT2D eigenvalue weighted by molar-refractivity contribution is -0.123. The third-order valence-electron chi connectivity index (χ3n) is 6.95. The molecule has 2 aliphatic heterocycles. The largest absolute Gasteiger partial charge is 0.491 e. The molecular weight excluding hydrogens is 508 g/mol. The SMILES string of the molecule is CC(C)Oc1ccc(C2CC(=O)N(c3cccc(N4C(=O)CC(c5ccc(OC(C)C)cc5)C4=O)c3)C2=O)cc1. The van der Waals surface area contributed by atoms with E-state index in [-0.39, 0.29) is 48.7 Å². The number of anilines is 2.